The number of fused-ring (bicyclic) bond motifs is 2. The van der Waals surface area contributed by atoms with Gasteiger partial charge in [0.1, 0.15) is 66.9 Å². The molecule has 386 valence electrons. The minimum absolute atomic E-state index is 0.133. The third-order valence-electron chi connectivity index (χ3n) is 11.4. The third-order valence-corrected chi connectivity index (χ3v) is 11.4. The molecule has 4 aromatic carbocycles. The maximum Gasteiger partial charge on any atom is 0.573 e. The number of halogens is 6. The lowest BCUT2D eigenvalue weighted by Gasteiger charge is -2.40. The molecule has 0 saturated heterocycles. The molecule has 2 unspecified atom stereocenters. The number of carbonyl (C=O) groups excluding carboxylic acids is 1. The highest BCUT2D eigenvalue weighted by atomic mass is 19.4. The van der Waals surface area contributed by atoms with Crippen molar-refractivity contribution < 1.29 is 68.4 Å². The van der Waals surface area contributed by atoms with E-state index in [0.717, 1.165) is 0 Å². The summed E-state index contributed by atoms with van der Waals surface area (Å²) in [4.78, 5) is 40.1. The molecule has 0 radical (unpaired) electrons. The first-order valence-corrected chi connectivity index (χ1v) is 23.2. The summed E-state index contributed by atoms with van der Waals surface area (Å²) < 4.78 is 126. The van der Waals surface area contributed by atoms with E-state index in [4.69, 9.17) is 27.8 Å². The molecule has 0 spiro atoms. The Bertz CT molecular complexity index is 2880. The minimum Gasteiger partial charge on any atom is -0.491 e. The van der Waals surface area contributed by atoms with E-state index in [-0.39, 0.29) is 81.4 Å². The van der Waals surface area contributed by atoms with Gasteiger partial charge in [-0.05, 0) is 124 Å². The molecule has 6 rings (SSSR count). The van der Waals surface area contributed by atoms with Crippen LogP contribution >= 0.6 is 0 Å². The maximum absolute atomic E-state index is 13.9. The summed E-state index contributed by atoms with van der Waals surface area (Å²) in [6.07, 6.45) is -10.1. The molecule has 2 heterocycles. The van der Waals surface area contributed by atoms with Crippen molar-refractivity contribution in [2.75, 3.05) is 13.2 Å². The van der Waals surface area contributed by atoms with Gasteiger partial charge in [-0.2, -0.15) is 0 Å². The van der Waals surface area contributed by atoms with Gasteiger partial charge >= 0.3 is 29.9 Å². The molecule has 0 aliphatic carbocycles. The Morgan fingerprint density at radius 2 is 1.03 bits per heavy atom. The standard InChI is InChI=1S/C54H59BF6O11/c1-30-12-16-37(44(20-30)70-53(56,57)58)39-24-32-22-34(14-18-42(32)67-46(39)62)65-27-36(69-52(11,55)29-51(9,10)72-48(64)41(50(6,7)8)26-49(3,4)5)28-66-35-15-19-43-33(23-35)25-40(47(63)68-43)38-17-13-31(2)21-45(38)71-54(59,60)61/h12-25,36,41H,26-29,55H2,1-11H3. The molecular weight excluding hydrogens is 949 g/mol. The first-order chi connectivity index (χ1) is 33.1. The molecule has 72 heavy (non-hydrogen) atoms. The number of alkyl halides is 6. The number of ether oxygens (including phenoxy) is 6. The van der Waals surface area contributed by atoms with Crippen molar-refractivity contribution in [2.45, 2.75) is 119 Å². The molecule has 11 nitrogen and oxygen atoms in total. The van der Waals surface area contributed by atoms with Crippen LogP contribution in [0, 0.1) is 30.6 Å². The Balaban J connectivity index is 1.30. The average molecular weight is 1010 g/mol. The van der Waals surface area contributed by atoms with Gasteiger partial charge in [0.2, 0.25) is 0 Å². The van der Waals surface area contributed by atoms with Crippen LogP contribution in [0.3, 0.4) is 0 Å². The fraction of sp³-hybridized carbons (Fsp3) is 0.426. The Labute approximate surface area is 414 Å². The molecule has 18 heteroatoms. The van der Waals surface area contributed by atoms with E-state index in [0.29, 0.717) is 28.3 Å². The Morgan fingerprint density at radius 1 is 0.597 bits per heavy atom. The van der Waals surface area contributed by atoms with Crippen LogP contribution in [0.2, 0.25) is 0 Å². The lowest BCUT2D eigenvalue weighted by molar-refractivity contribution is -0.275. The van der Waals surface area contributed by atoms with E-state index < -0.39 is 58.6 Å². The van der Waals surface area contributed by atoms with Crippen LogP contribution in [-0.2, 0) is 14.3 Å². The topological polar surface area (TPSA) is 133 Å². The van der Waals surface area contributed by atoms with Crippen LogP contribution in [0.15, 0.2) is 103 Å². The van der Waals surface area contributed by atoms with Gasteiger partial charge in [-0.3, -0.25) is 4.79 Å². The zero-order valence-corrected chi connectivity index (χ0v) is 42.3. The van der Waals surface area contributed by atoms with Gasteiger partial charge in [-0.15, -0.1) is 26.3 Å². The van der Waals surface area contributed by atoms with Crippen molar-refractivity contribution in [1.29, 1.82) is 0 Å². The molecule has 0 aliphatic heterocycles. The minimum atomic E-state index is -5.03. The van der Waals surface area contributed by atoms with Crippen LogP contribution in [0.4, 0.5) is 26.3 Å². The quantitative estimate of drug-likeness (QED) is 0.0374. The second kappa shape index (κ2) is 20.6. The third kappa shape index (κ3) is 15.1. The molecule has 0 aliphatic rings. The normalized spacial score (nSPS) is 14.0. The Morgan fingerprint density at radius 3 is 1.42 bits per heavy atom. The van der Waals surface area contributed by atoms with Crippen molar-refractivity contribution in [3.8, 4) is 45.3 Å². The van der Waals surface area contributed by atoms with Gasteiger partial charge in [0.25, 0.3) is 0 Å². The second-order valence-corrected chi connectivity index (χ2v) is 21.6. The SMILES string of the molecule is BC(C)(CC(C)(C)OC(=O)C(CC(C)(C)C)C(C)(C)C)OC(COc1ccc2oc(=O)c(-c3ccc(C)cc3OC(F)(F)F)cc2c1)COc1ccc2oc(=O)c(-c3ccc(C)cc3OC(F)(F)F)cc2c1. The van der Waals surface area contributed by atoms with Crippen molar-refractivity contribution in [2.24, 2.45) is 16.7 Å². The highest BCUT2D eigenvalue weighted by molar-refractivity contribution is 6.14. The summed E-state index contributed by atoms with van der Waals surface area (Å²) in [5.41, 5.74) is -3.74. The molecule has 0 amide bonds. The fourth-order valence-electron chi connectivity index (χ4n) is 8.63. The van der Waals surface area contributed by atoms with E-state index in [2.05, 4.69) is 30.2 Å². The lowest BCUT2D eigenvalue weighted by atomic mass is 9.72. The van der Waals surface area contributed by atoms with Crippen LogP contribution in [0.1, 0.15) is 86.3 Å². The number of hydrogen-bond acceptors (Lipinski definition) is 11. The number of carbonyl (C=O) groups is 1. The smallest absolute Gasteiger partial charge is 0.491 e. The van der Waals surface area contributed by atoms with E-state index >= 15 is 0 Å². The molecule has 0 bridgehead atoms. The molecule has 2 atom stereocenters. The van der Waals surface area contributed by atoms with Crippen LogP contribution < -0.4 is 30.2 Å². The van der Waals surface area contributed by atoms with E-state index in [1.165, 1.54) is 72.8 Å². The zero-order valence-electron chi connectivity index (χ0n) is 42.3. The van der Waals surface area contributed by atoms with E-state index in [9.17, 15) is 40.7 Å². The molecule has 0 saturated carbocycles. The summed E-state index contributed by atoms with van der Waals surface area (Å²) in [5, 5.41) is 0.645. The summed E-state index contributed by atoms with van der Waals surface area (Å²) in [6.45, 7) is 20.5. The summed E-state index contributed by atoms with van der Waals surface area (Å²) in [6, 6.07) is 20.0. The van der Waals surface area contributed by atoms with Gasteiger partial charge < -0.3 is 37.3 Å². The van der Waals surface area contributed by atoms with Gasteiger partial charge in [0.05, 0.1) is 17.0 Å². The highest BCUT2D eigenvalue weighted by Crippen LogP contribution is 2.40. The van der Waals surface area contributed by atoms with Crippen LogP contribution in [0.5, 0.6) is 23.0 Å². The van der Waals surface area contributed by atoms with Crippen LogP contribution in [0.25, 0.3) is 44.2 Å². The van der Waals surface area contributed by atoms with Crippen molar-refractivity contribution >= 4 is 35.8 Å². The zero-order chi connectivity index (χ0) is 53.4. The van der Waals surface area contributed by atoms with Gasteiger partial charge in [0.15, 0.2) is 0 Å². The molecule has 6 aromatic rings. The number of rotatable bonds is 17. The largest absolute Gasteiger partial charge is 0.573 e. The fourth-order valence-corrected chi connectivity index (χ4v) is 8.63. The van der Waals surface area contributed by atoms with Gasteiger partial charge in [-0.25, -0.2) is 9.59 Å². The Kier molecular flexibility index (Phi) is 15.7. The van der Waals surface area contributed by atoms with Crippen molar-refractivity contribution in [3.63, 3.8) is 0 Å². The number of aryl methyl sites for hydroxylation is 2. The maximum atomic E-state index is 13.9. The van der Waals surface area contributed by atoms with E-state index in [1.807, 2.05) is 49.4 Å². The lowest BCUT2D eigenvalue weighted by Crippen LogP contribution is -2.47. The predicted molar refractivity (Wildman–Crippen MR) is 263 cm³/mol. The van der Waals surface area contributed by atoms with Crippen molar-refractivity contribution in [1.82, 2.24) is 0 Å². The van der Waals surface area contributed by atoms with Gasteiger partial charge in [0, 0.05) is 33.8 Å². The summed E-state index contributed by atoms with van der Waals surface area (Å²) in [7, 11) is 1.83. The summed E-state index contributed by atoms with van der Waals surface area (Å²) in [5.74, 6) is -1.34. The van der Waals surface area contributed by atoms with E-state index in [1.54, 1.807) is 26.0 Å². The van der Waals surface area contributed by atoms with Gasteiger partial charge in [-0.1, -0.05) is 65.8 Å². The first kappa shape index (κ1) is 54.9. The predicted octanol–water partition coefficient (Wildman–Crippen LogP) is 12.7. The van der Waals surface area contributed by atoms with Crippen molar-refractivity contribution in [3.05, 3.63) is 117 Å². The number of hydrogen-bond donors (Lipinski definition) is 0. The van der Waals surface area contributed by atoms with Crippen LogP contribution in [-0.4, -0.2) is 57.0 Å². The first-order valence-electron chi connectivity index (χ1n) is 23.2. The molecule has 0 fully saturated rings. The molecular formula is C54H59BF6O11. The Hall–Kier alpha value is -6.43. The monoisotopic (exact) mass is 1010 g/mol. The summed E-state index contributed by atoms with van der Waals surface area (Å²) >= 11 is 0. The molecule has 2 aromatic heterocycles. The highest BCUT2D eigenvalue weighted by Gasteiger charge is 2.41. The average Bonchev–Trinajstić information content (AvgIpc) is 3.21. The molecule has 0 N–H and O–H groups in total. The number of benzene rings is 4. The number of esters is 1. The second-order valence-electron chi connectivity index (χ2n) is 21.6.